The number of hydrogen-bond acceptors (Lipinski definition) is 4. The highest BCUT2D eigenvalue weighted by molar-refractivity contribution is 5.31. The van der Waals surface area contributed by atoms with Crippen LogP contribution in [0.1, 0.15) is 67.5 Å². The number of aliphatic hydroxyl groups excluding tert-OH is 1. The van der Waals surface area contributed by atoms with Gasteiger partial charge in [-0.1, -0.05) is 30.3 Å². The first-order valence-electron chi connectivity index (χ1n) is 11.4. The highest BCUT2D eigenvalue weighted by Crippen LogP contribution is 2.41. The lowest BCUT2D eigenvalue weighted by Gasteiger charge is -2.45. The number of aryl methyl sites for hydroxylation is 2. The predicted molar refractivity (Wildman–Crippen MR) is 120 cm³/mol. The van der Waals surface area contributed by atoms with Crippen LogP contribution in [-0.2, 0) is 6.42 Å². The number of likely N-dealkylation sites (tertiary alicyclic amines) is 1. The molecule has 2 heterocycles. The normalized spacial score (nSPS) is 28.0. The van der Waals surface area contributed by atoms with Crippen LogP contribution >= 0.6 is 0 Å². The Bertz CT molecular complexity index is 860. The van der Waals surface area contributed by atoms with Crippen LogP contribution in [0.2, 0.25) is 0 Å². The molecule has 4 heteroatoms. The zero-order valence-corrected chi connectivity index (χ0v) is 18.6. The van der Waals surface area contributed by atoms with Crippen molar-refractivity contribution in [1.29, 1.82) is 0 Å². The first kappa shape index (κ1) is 21.5. The first-order chi connectivity index (χ1) is 14.3. The van der Waals surface area contributed by atoms with Gasteiger partial charge in [-0.05, 0) is 87.6 Å². The van der Waals surface area contributed by atoms with Gasteiger partial charge in [0.05, 0.1) is 17.4 Å². The van der Waals surface area contributed by atoms with Crippen LogP contribution < -0.4 is 0 Å². The maximum absolute atomic E-state index is 11.0. The number of rotatable bonds is 4. The minimum atomic E-state index is -0.727. The summed E-state index contributed by atoms with van der Waals surface area (Å²) in [7, 11) is 0. The topological polar surface area (TPSA) is 56.6 Å². The van der Waals surface area contributed by atoms with Crippen molar-refractivity contribution in [2.45, 2.75) is 64.1 Å². The third kappa shape index (κ3) is 4.61. The lowest BCUT2D eigenvalue weighted by Crippen LogP contribution is -2.49. The van der Waals surface area contributed by atoms with Gasteiger partial charge >= 0.3 is 0 Å². The van der Waals surface area contributed by atoms with E-state index in [1.807, 2.05) is 19.9 Å². The summed E-state index contributed by atoms with van der Waals surface area (Å²) in [6.45, 7) is 9.04. The van der Waals surface area contributed by atoms with E-state index in [9.17, 15) is 10.2 Å². The van der Waals surface area contributed by atoms with Crippen LogP contribution in [0.5, 0.6) is 0 Å². The van der Waals surface area contributed by atoms with Crippen molar-refractivity contribution in [3.63, 3.8) is 0 Å². The number of nitrogens with zero attached hydrogens (tertiary/aromatic N) is 2. The third-order valence-electron chi connectivity index (χ3n) is 7.33. The molecule has 0 amide bonds. The molecule has 0 saturated carbocycles. The van der Waals surface area contributed by atoms with Gasteiger partial charge in [-0.25, -0.2) is 0 Å². The molecule has 2 aliphatic rings. The molecule has 30 heavy (non-hydrogen) atoms. The molecule has 1 saturated heterocycles. The van der Waals surface area contributed by atoms with Gasteiger partial charge in [0.2, 0.25) is 0 Å². The molecule has 0 radical (unpaired) electrons. The van der Waals surface area contributed by atoms with Crippen molar-refractivity contribution in [3.05, 3.63) is 65.0 Å². The summed E-state index contributed by atoms with van der Waals surface area (Å²) in [4.78, 5) is 6.97. The Morgan fingerprint density at radius 3 is 2.70 bits per heavy atom. The number of aromatic nitrogens is 1. The maximum atomic E-state index is 11.0. The molecule has 2 N–H and O–H groups in total. The molecular formula is C26H36N2O2. The van der Waals surface area contributed by atoms with E-state index < -0.39 is 11.7 Å². The standard InChI is InChI=1S/C26H36N2O2/c1-18-7-4-5-9-21(18)22-12-14-28(17-23(22)26(2,3)30)16-19-10-11-20-8-6-13-27-25(20)24(29)15-19/h4-9,13,19,22-24,29-30H,10-12,14-17H2,1-3H3/t19-,22+,23-,24+/m1/s1. The van der Waals surface area contributed by atoms with E-state index in [0.29, 0.717) is 11.8 Å². The van der Waals surface area contributed by atoms with Crippen molar-refractivity contribution in [2.75, 3.05) is 19.6 Å². The summed E-state index contributed by atoms with van der Waals surface area (Å²) in [6, 6.07) is 12.7. The molecule has 0 unspecified atom stereocenters. The second-order valence-corrected chi connectivity index (χ2v) is 9.98. The molecule has 2 aromatic rings. The summed E-state index contributed by atoms with van der Waals surface area (Å²) >= 11 is 0. The van der Waals surface area contributed by atoms with Crippen LogP contribution in [0.3, 0.4) is 0 Å². The fraction of sp³-hybridized carbons (Fsp3) is 0.577. The number of benzene rings is 1. The molecule has 1 aromatic heterocycles. The highest BCUT2D eigenvalue weighted by atomic mass is 16.3. The number of piperidine rings is 1. The highest BCUT2D eigenvalue weighted by Gasteiger charge is 2.40. The monoisotopic (exact) mass is 408 g/mol. The van der Waals surface area contributed by atoms with Gasteiger partial charge in [0.15, 0.2) is 0 Å². The number of aliphatic hydroxyl groups is 2. The Hall–Kier alpha value is -1.75. The molecule has 0 bridgehead atoms. The molecule has 4 atom stereocenters. The zero-order chi connectivity index (χ0) is 21.3. The molecule has 1 aliphatic heterocycles. The predicted octanol–water partition coefficient (Wildman–Crippen LogP) is 4.25. The Morgan fingerprint density at radius 1 is 1.13 bits per heavy atom. The number of fused-ring (bicyclic) bond motifs is 1. The number of pyridine rings is 1. The van der Waals surface area contributed by atoms with Gasteiger partial charge in [-0.2, -0.15) is 0 Å². The first-order valence-corrected chi connectivity index (χ1v) is 11.4. The van der Waals surface area contributed by atoms with E-state index in [2.05, 4.69) is 47.1 Å². The summed E-state index contributed by atoms with van der Waals surface area (Å²) in [5, 5.41) is 21.7. The second kappa shape index (κ2) is 8.78. The molecule has 1 fully saturated rings. The van der Waals surface area contributed by atoms with Crippen molar-refractivity contribution in [1.82, 2.24) is 9.88 Å². The average Bonchev–Trinajstić information content (AvgIpc) is 2.87. The van der Waals surface area contributed by atoms with Crippen LogP contribution in [0, 0.1) is 18.8 Å². The van der Waals surface area contributed by atoms with E-state index in [4.69, 9.17) is 0 Å². The summed E-state index contributed by atoms with van der Waals surface area (Å²) in [6.07, 6.45) is 5.22. The average molecular weight is 409 g/mol. The molecule has 1 aliphatic carbocycles. The van der Waals surface area contributed by atoms with E-state index in [1.165, 1.54) is 16.7 Å². The minimum absolute atomic E-state index is 0.196. The van der Waals surface area contributed by atoms with E-state index in [0.717, 1.165) is 51.0 Å². The van der Waals surface area contributed by atoms with Gasteiger partial charge in [0, 0.05) is 25.2 Å². The van der Waals surface area contributed by atoms with Gasteiger partial charge in [-0.3, -0.25) is 4.98 Å². The Morgan fingerprint density at radius 2 is 1.93 bits per heavy atom. The maximum Gasteiger partial charge on any atom is 0.0965 e. The zero-order valence-electron chi connectivity index (χ0n) is 18.6. The van der Waals surface area contributed by atoms with Crippen LogP contribution in [-0.4, -0.2) is 45.3 Å². The van der Waals surface area contributed by atoms with Gasteiger partial charge in [-0.15, -0.1) is 0 Å². The van der Waals surface area contributed by atoms with Gasteiger partial charge in [0.1, 0.15) is 0 Å². The Kier molecular flexibility index (Phi) is 6.29. The Labute approximate surface area is 181 Å². The molecule has 162 valence electrons. The molecule has 1 aromatic carbocycles. The summed E-state index contributed by atoms with van der Waals surface area (Å²) < 4.78 is 0. The Balaban J connectivity index is 1.46. The van der Waals surface area contributed by atoms with Crippen LogP contribution in [0.15, 0.2) is 42.6 Å². The fourth-order valence-electron chi connectivity index (χ4n) is 5.67. The second-order valence-electron chi connectivity index (χ2n) is 9.98. The summed E-state index contributed by atoms with van der Waals surface area (Å²) in [5.74, 6) is 1.03. The minimum Gasteiger partial charge on any atom is -0.390 e. The molecule has 4 nitrogen and oxygen atoms in total. The van der Waals surface area contributed by atoms with E-state index in [-0.39, 0.29) is 5.92 Å². The molecule has 0 spiro atoms. The molecule has 4 rings (SSSR count). The van der Waals surface area contributed by atoms with Crippen molar-refractivity contribution >= 4 is 0 Å². The van der Waals surface area contributed by atoms with Crippen LogP contribution in [0.4, 0.5) is 0 Å². The lowest BCUT2D eigenvalue weighted by atomic mass is 9.71. The van der Waals surface area contributed by atoms with E-state index in [1.54, 1.807) is 6.20 Å². The largest absolute Gasteiger partial charge is 0.390 e. The van der Waals surface area contributed by atoms with Crippen molar-refractivity contribution in [3.8, 4) is 0 Å². The quantitative estimate of drug-likeness (QED) is 0.743. The van der Waals surface area contributed by atoms with Crippen molar-refractivity contribution < 1.29 is 10.2 Å². The summed E-state index contributed by atoms with van der Waals surface area (Å²) in [5.41, 5.74) is 4.04. The van der Waals surface area contributed by atoms with Crippen LogP contribution in [0.25, 0.3) is 0 Å². The lowest BCUT2D eigenvalue weighted by molar-refractivity contribution is -0.0335. The number of hydrogen-bond donors (Lipinski definition) is 2. The fourth-order valence-corrected chi connectivity index (χ4v) is 5.67. The van der Waals surface area contributed by atoms with E-state index >= 15 is 0 Å². The van der Waals surface area contributed by atoms with Gasteiger partial charge < -0.3 is 15.1 Å². The smallest absolute Gasteiger partial charge is 0.0965 e. The SMILES string of the molecule is Cc1ccccc1[C@@H]1CCN(C[C@@H]2CCc3cccnc3[C@@H](O)C2)C[C@H]1C(C)(C)O. The van der Waals surface area contributed by atoms with Crippen molar-refractivity contribution in [2.24, 2.45) is 11.8 Å². The molecular weight excluding hydrogens is 372 g/mol. The third-order valence-corrected chi connectivity index (χ3v) is 7.33. The van der Waals surface area contributed by atoms with Gasteiger partial charge in [0.25, 0.3) is 0 Å².